The lowest BCUT2D eigenvalue weighted by Crippen LogP contribution is -2.48. The van der Waals surface area contributed by atoms with Crippen LogP contribution < -0.4 is 5.73 Å². The molecule has 2 fully saturated rings. The highest BCUT2D eigenvalue weighted by Crippen LogP contribution is 2.19. The van der Waals surface area contributed by atoms with E-state index in [-0.39, 0.29) is 6.03 Å². The van der Waals surface area contributed by atoms with Crippen LogP contribution in [0.2, 0.25) is 0 Å². The number of piperidine rings is 1. The van der Waals surface area contributed by atoms with Gasteiger partial charge < -0.3 is 15.4 Å². The van der Waals surface area contributed by atoms with E-state index in [0.29, 0.717) is 6.04 Å². The van der Waals surface area contributed by atoms with Crippen LogP contribution in [0.4, 0.5) is 4.79 Å². The lowest BCUT2D eigenvalue weighted by molar-refractivity contribution is 0.0328. The number of nitrogens with two attached hydrogens (primary N) is 1. The Kier molecular flexibility index (Phi) is 4.62. The van der Waals surface area contributed by atoms with Crippen molar-refractivity contribution in [1.82, 2.24) is 9.80 Å². The summed E-state index contributed by atoms with van der Waals surface area (Å²) in [5.74, 6) is 0. The van der Waals surface area contributed by atoms with Crippen molar-refractivity contribution in [2.24, 2.45) is 5.73 Å². The summed E-state index contributed by atoms with van der Waals surface area (Å²) in [6.07, 6.45) is 4.46. The molecule has 2 amide bonds. The molecule has 0 spiro atoms. The maximum absolute atomic E-state index is 11.3. The van der Waals surface area contributed by atoms with Crippen molar-refractivity contribution >= 4 is 6.03 Å². The second-order valence-electron chi connectivity index (χ2n) is 4.92. The second kappa shape index (κ2) is 6.21. The van der Waals surface area contributed by atoms with Crippen LogP contribution in [-0.2, 0) is 4.74 Å². The van der Waals surface area contributed by atoms with E-state index in [4.69, 9.17) is 10.5 Å². The average Bonchev–Trinajstić information content (AvgIpc) is 2.38. The number of carbonyl (C=O) groups excluding carboxylic acids is 1. The number of hydrogen-bond donors (Lipinski definition) is 1. The molecular formula is C12H23N3O2. The standard InChI is InChI=1S/C12H23N3O2/c13-12(16)15-5-2-1-3-11(15)4-6-14-7-9-17-10-8-14/h11H,1-10H2,(H2,13,16). The molecule has 98 valence electrons. The molecule has 0 aliphatic carbocycles. The minimum atomic E-state index is -0.253. The third-order valence-corrected chi connectivity index (χ3v) is 3.79. The molecule has 1 unspecified atom stereocenters. The van der Waals surface area contributed by atoms with Gasteiger partial charge >= 0.3 is 6.03 Å². The van der Waals surface area contributed by atoms with Crippen LogP contribution in [0.5, 0.6) is 0 Å². The molecule has 17 heavy (non-hydrogen) atoms. The van der Waals surface area contributed by atoms with E-state index < -0.39 is 0 Å². The molecule has 0 saturated carbocycles. The Morgan fingerprint density at radius 1 is 1.24 bits per heavy atom. The van der Waals surface area contributed by atoms with Crippen LogP contribution >= 0.6 is 0 Å². The van der Waals surface area contributed by atoms with Crippen molar-refractivity contribution in [2.45, 2.75) is 31.7 Å². The van der Waals surface area contributed by atoms with E-state index in [9.17, 15) is 4.79 Å². The van der Waals surface area contributed by atoms with E-state index in [1.807, 2.05) is 4.90 Å². The van der Waals surface area contributed by atoms with Crippen molar-refractivity contribution in [2.75, 3.05) is 39.4 Å². The van der Waals surface area contributed by atoms with Gasteiger partial charge in [-0.2, -0.15) is 0 Å². The first-order chi connectivity index (χ1) is 8.27. The number of rotatable bonds is 3. The van der Waals surface area contributed by atoms with Crippen LogP contribution in [0.3, 0.4) is 0 Å². The summed E-state index contributed by atoms with van der Waals surface area (Å²) < 4.78 is 5.32. The van der Waals surface area contributed by atoms with Gasteiger partial charge in [0.05, 0.1) is 13.2 Å². The Balaban J connectivity index is 1.77. The fourth-order valence-corrected chi connectivity index (χ4v) is 2.75. The molecule has 2 N–H and O–H groups in total. The molecule has 2 heterocycles. The lowest BCUT2D eigenvalue weighted by atomic mass is 9.99. The van der Waals surface area contributed by atoms with Crippen molar-refractivity contribution < 1.29 is 9.53 Å². The molecule has 0 aromatic heterocycles. The van der Waals surface area contributed by atoms with E-state index in [1.165, 1.54) is 6.42 Å². The zero-order valence-corrected chi connectivity index (χ0v) is 10.4. The van der Waals surface area contributed by atoms with E-state index in [2.05, 4.69) is 4.90 Å². The zero-order chi connectivity index (χ0) is 12.1. The Morgan fingerprint density at radius 2 is 2.00 bits per heavy atom. The van der Waals surface area contributed by atoms with Crippen molar-refractivity contribution in [1.29, 1.82) is 0 Å². The predicted octanol–water partition coefficient (Wildman–Crippen LogP) is 0.642. The smallest absolute Gasteiger partial charge is 0.315 e. The van der Waals surface area contributed by atoms with Gasteiger partial charge in [-0.3, -0.25) is 4.90 Å². The molecule has 0 aromatic carbocycles. The maximum Gasteiger partial charge on any atom is 0.315 e. The first-order valence-electron chi connectivity index (χ1n) is 6.63. The maximum atomic E-state index is 11.3. The van der Waals surface area contributed by atoms with Gasteiger partial charge in [0.15, 0.2) is 0 Å². The number of carbonyl (C=O) groups is 1. The van der Waals surface area contributed by atoms with Gasteiger partial charge in [0.1, 0.15) is 0 Å². The fourth-order valence-electron chi connectivity index (χ4n) is 2.75. The van der Waals surface area contributed by atoms with E-state index in [1.54, 1.807) is 0 Å². The number of nitrogens with zero attached hydrogens (tertiary/aromatic N) is 2. The van der Waals surface area contributed by atoms with Crippen LogP contribution in [0.25, 0.3) is 0 Å². The Hall–Kier alpha value is -0.810. The summed E-state index contributed by atoms with van der Waals surface area (Å²) >= 11 is 0. The minimum absolute atomic E-state index is 0.253. The lowest BCUT2D eigenvalue weighted by Gasteiger charge is -2.36. The summed E-state index contributed by atoms with van der Waals surface area (Å²) in [7, 11) is 0. The third kappa shape index (κ3) is 3.57. The molecule has 0 bridgehead atoms. The largest absolute Gasteiger partial charge is 0.379 e. The molecule has 1 atom stereocenters. The number of likely N-dealkylation sites (tertiary alicyclic amines) is 1. The summed E-state index contributed by atoms with van der Waals surface area (Å²) in [5.41, 5.74) is 5.42. The van der Waals surface area contributed by atoms with Gasteiger partial charge in [0.25, 0.3) is 0 Å². The Labute approximate surface area is 103 Å². The molecule has 2 aliphatic heterocycles. The summed E-state index contributed by atoms with van der Waals surface area (Å²) in [6, 6.07) is 0.0979. The van der Waals surface area contributed by atoms with Gasteiger partial charge in [-0.15, -0.1) is 0 Å². The van der Waals surface area contributed by atoms with E-state index in [0.717, 1.165) is 58.7 Å². The van der Waals surface area contributed by atoms with Crippen LogP contribution in [0, 0.1) is 0 Å². The average molecular weight is 241 g/mol. The highest BCUT2D eigenvalue weighted by Gasteiger charge is 2.25. The molecule has 0 aromatic rings. The van der Waals surface area contributed by atoms with Gasteiger partial charge in [-0.25, -0.2) is 4.79 Å². The highest BCUT2D eigenvalue weighted by atomic mass is 16.5. The first-order valence-corrected chi connectivity index (χ1v) is 6.63. The third-order valence-electron chi connectivity index (χ3n) is 3.79. The number of primary amides is 1. The quantitative estimate of drug-likeness (QED) is 0.789. The topological polar surface area (TPSA) is 58.8 Å². The molecule has 2 rings (SSSR count). The predicted molar refractivity (Wildman–Crippen MR) is 65.8 cm³/mol. The van der Waals surface area contributed by atoms with Gasteiger partial charge in [0.2, 0.25) is 0 Å². The molecule has 5 heteroatoms. The zero-order valence-electron chi connectivity index (χ0n) is 10.4. The normalized spacial score (nSPS) is 27.1. The number of hydrogen-bond acceptors (Lipinski definition) is 3. The van der Waals surface area contributed by atoms with Crippen LogP contribution in [-0.4, -0.2) is 61.3 Å². The Bertz CT molecular complexity index is 254. The summed E-state index contributed by atoms with van der Waals surface area (Å²) in [4.78, 5) is 15.6. The number of amides is 2. The van der Waals surface area contributed by atoms with Gasteiger partial charge in [0, 0.05) is 32.2 Å². The molecule has 2 saturated heterocycles. The monoisotopic (exact) mass is 241 g/mol. The molecule has 0 radical (unpaired) electrons. The van der Waals surface area contributed by atoms with Crippen LogP contribution in [0.1, 0.15) is 25.7 Å². The summed E-state index contributed by atoms with van der Waals surface area (Å²) in [6.45, 7) is 5.60. The summed E-state index contributed by atoms with van der Waals surface area (Å²) in [5, 5.41) is 0. The van der Waals surface area contributed by atoms with Crippen molar-refractivity contribution in [3.05, 3.63) is 0 Å². The first kappa shape index (κ1) is 12.6. The minimum Gasteiger partial charge on any atom is -0.379 e. The second-order valence-corrected chi connectivity index (χ2v) is 4.92. The number of morpholine rings is 1. The highest BCUT2D eigenvalue weighted by molar-refractivity contribution is 5.72. The van der Waals surface area contributed by atoms with Crippen molar-refractivity contribution in [3.63, 3.8) is 0 Å². The molecule has 2 aliphatic rings. The Morgan fingerprint density at radius 3 is 2.71 bits per heavy atom. The van der Waals surface area contributed by atoms with Crippen molar-refractivity contribution in [3.8, 4) is 0 Å². The number of urea groups is 1. The SMILES string of the molecule is NC(=O)N1CCCCC1CCN1CCOCC1. The molecule has 5 nitrogen and oxygen atoms in total. The molecular weight excluding hydrogens is 218 g/mol. The van der Waals surface area contributed by atoms with Crippen LogP contribution in [0.15, 0.2) is 0 Å². The fraction of sp³-hybridized carbons (Fsp3) is 0.917. The van der Waals surface area contributed by atoms with E-state index >= 15 is 0 Å². The van der Waals surface area contributed by atoms with Gasteiger partial charge in [-0.05, 0) is 25.7 Å². The number of ether oxygens (including phenoxy) is 1. The van der Waals surface area contributed by atoms with Gasteiger partial charge in [-0.1, -0.05) is 0 Å².